The molecule has 2 N–H and O–H groups in total. The standard InChI is InChI=1S/C13H13N3O3/c1-7-4-11(17)15-16-13(7)8-2-3-10-9(5-8)14-12(18)6-19-10/h2-3,5,7H,4,6H2,1H3,(H,14,18)(H,15,17). The summed E-state index contributed by atoms with van der Waals surface area (Å²) in [5, 5.41) is 6.85. The van der Waals surface area contributed by atoms with E-state index in [1.807, 2.05) is 19.1 Å². The number of hydrazone groups is 1. The number of hydrogen-bond donors (Lipinski definition) is 2. The van der Waals surface area contributed by atoms with Crippen LogP contribution in [0.3, 0.4) is 0 Å². The van der Waals surface area contributed by atoms with Gasteiger partial charge >= 0.3 is 0 Å². The van der Waals surface area contributed by atoms with Crippen molar-refractivity contribution in [2.75, 3.05) is 11.9 Å². The van der Waals surface area contributed by atoms with Crippen molar-refractivity contribution in [1.82, 2.24) is 5.43 Å². The van der Waals surface area contributed by atoms with Crippen molar-refractivity contribution in [3.8, 4) is 5.75 Å². The molecule has 2 aliphatic heterocycles. The Bertz CT molecular complexity index is 595. The summed E-state index contributed by atoms with van der Waals surface area (Å²) in [4.78, 5) is 22.5. The lowest BCUT2D eigenvalue weighted by Crippen LogP contribution is -2.32. The minimum atomic E-state index is -0.170. The highest BCUT2D eigenvalue weighted by Crippen LogP contribution is 2.30. The zero-order valence-corrected chi connectivity index (χ0v) is 10.4. The second-order valence-corrected chi connectivity index (χ2v) is 4.68. The molecule has 0 fully saturated rings. The number of carbonyl (C=O) groups is 2. The lowest BCUT2D eigenvalue weighted by Gasteiger charge is -2.22. The molecule has 2 aliphatic rings. The molecule has 2 amide bonds. The first kappa shape index (κ1) is 11.7. The van der Waals surface area contributed by atoms with Gasteiger partial charge in [0.2, 0.25) is 5.91 Å². The fourth-order valence-electron chi connectivity index (χ4n) is 2.24. The van der Waals surface area contributed by atoms with Gasteiger partial charge in [-0.15, -0.1) is 0 Å². The predicted molar refractivity (Wildman–Crippen MR) is 69.0 cm³/mol. The van der Waals surface area contributed by atoms with Crippen LogP contribution in [0.1, 0.15) is 18.9 Å². The summed E-state index contributed by atoms with van der Waals surface area (Å²) in [7, 11) is 0. The number of fused-ring (bicyclic) bond motifs is 1. The maximum absolute atomic E-state index is 11.3. The molecule has 0 radical (unpaired) electrons. The number of hydrogen-bond acceptors (Lipinski definition) is 4. The SMILES string of the molecule is CC1CC(=O)NN=C1c1ccc2c(c1)NC(=O)CO2. The van der Waals surface area contributed by atoms with Gasteiger partial charge in [-0.2, -0.15) is 5.10 Å². The summed E-state index contributed by atoms with van der Waals surface area (Å²) in [5.74, 6) is 0.450. The first-order valence-electron chi connectivity index (χ1n) is 6.07. The molecular formula is C13H13N3O3. The quantitative estimate of drug-likeness (QED) is 0.785. The van der Waals surface area contributed by atoms with Crippen LogP contribution in [0.5, 0.6) is 5.75 Å². The molecule has 6 heteroatoms. The maximum Gasteiger partial charge on any atom is 0.262 e. The smallest absolute Gasteiger partial charge is 0.262 e. The molecular weight excluding hydrogens is 246 g/mol. The van der Waals surface area contributed by atoms with E-state index in [4.69, 9.17) is 4.74 Å². The van der Waals surface area contributed by atoms with Gasteiger partial charge in [0.05, 0.1) is 11.4 Å². The van der Waals surface area contributed by atoms with E-state index in [9.17, 15) is 9.59 Å². The van der Waals surface area contributed by atoms with Gasteiger partial charge < -0.3 is 10.1 Å². The average Bonchev–Trinajstić information content (AvgIpc) is 2.38. The number of amides is 2. The van der Waals surface area contributed by atoms with E-state index in [-0.39, 0.29) is 24.3 Å². The van der Waals surface area contributed by atoms with E-state index >= 15 is 0 Å². The van der Waals surface area contributed by atoms with Crippen LogP contribution in [0, 0.1) is 5.92 Å². The molecule has 6 nitrogen and oxygen atoms in total. The van der Waals surface area contributed by atoms with Gasteiger partial charge in [-0.25, -0.2) is 5.43 Å². The van der Waals surface area contributed by atoms with Crippen LogP contribution in [0.2, 0.25) is 0 Å². The van der Waals surface area contributed by atoms with Crippen LogP contribution in [0.4, 0.5) is 5.69 Å². The summed E-state index contributed by atoms with van der Waals surface area (Å²) >= 11 is 0. The van der Waals surface area contributed by atoms with Crippen molar-refractivity contribution >= 4 is 23.2 Å². The first-order chi connectivity index (χ1) is 9.13. The highest BCUT2D eigenvalue weighted by molar-refractivity contribution is 6.07. The number of nitrogens with one attached hydrogen (secondary N) is 2. The molecule has 19 heavy (non-hydrogen) atoms. The highest BCUT2D eigenvalue weighted by Gasteiger charge is 2.23. The van der Waals surface area contributed by atoms with Gasteiger partial charge in [-0.1, -0.05) is 6.92 Å². The Labute approximate surface area is 109 Å². The molecule has 0 saturated carbocycles. The summed E-state index contributed by atoms with van der Waals surface area (Å²) < 4.78 is 5.30. The van der Waals surface area contributed by atoms with Crippen molar-refractivity contribution < 1.29 is 14.3 Å². The second kappa shape index (κ2) is 4.38. The molecule has 0 spiro atoms. The van der Waals surface area contributed by atoms with Crippen LogP contribution in [-0.2, 0) is 9.59 Å². The molecule has 1 unspecified atom stereocenters. The van der Waals surface area contributed by atoms with E-state index in [2.05, 4.69) is 15.8 Å². The highest BCUT2D eigenvalue weighted by atomic mass is 16.5. The molecule has 0 saturated heterocycles. The Balaban J connectivity index is 1.96. The van der Waals surface area contributed by atoms with Crippen LogP contribution >= 0.6 is 0 Å². The summed E-state index contributed by atoms with van der Waals surface area (Å²) in [6.45, 7) is 1.99. The molecule has 1 aromatic carbocycles. The number of nitrogens with zero attached hydrogens (tertiary/aromatic N) is 1. The second-order valence-electron chi connectivity index (χ2n) is 4.68. The van der Waals surface area contributed by atoms with Crippen molar-refractivity contribution in [3.63, 3.8) is 0 Å². The van der Waals surface area contributed by atoms with Gasteiger partial charge in [0.25, 0.3) is 5.91 Å². The number of rotatable bonds is 1. The van der Waals surface area contributed by atoms with Crippen LogP contribution < -0.4 is 15.5 Å². The number of ether oxygens (including phenoxy) is 1. The molecule has 1 aromatic rings. The zero-order valence-electron chi connectivity index (χ0n) is 10.4. The third-order valence-corrected chi connectivity index (χ3v) is 3.17. The summed E-state index contributed by atoms with van der Waals surface area (Å²) in [6.07, 6.45) is 0.415. The minimum absolute atomic E-state index is 0.0414. The predicted octanol–water partition coefficient (Wildman–Crippen LogP) is 0.878. The van der Waals surface area contributed by atoms with Gasteiger partial charge in [0.15, 0.2) is 6.61 Å². The molecule has 98 valence electrons. The minimum Gasteiger partial charge on any atom is -0.482 e. The first-order valence-corrected chi connectivity index (χ1v) is 6.07. The maximum atomic E-state index is 11.3. The Morgan fingerprint density at radius 2 is 2.16 bits per heavy atom. The molecule has 0 aliphatic carbocycles. The topological polar surface area (TPSA) is 79.8 Å². The van der Waals surface area contributed by atoms with E-state index in [0.29, 0.717) is 17.9 Å². The van der Waals surface area contributed by atoms with Gasteiger partial charge in [0, 0.05) is 17.9 Å². The molecule has 3 rings (SSSR count). The normalized spacial score (nSPS) is 21.7. The Hall–Kier alpha value is -2.37. The van der Waals surface area contributed by atoms with Gasteiger partial charge in [-0.3, -0.25) is 9.59 Å². The zero-order chi connectivity index (χ0) is 13.4. The summed E-state index contributed by atoms with van der Waals surface area (Å²) in [5.41, 5.74) is 4.80. The lowest BCUT2D eigenvalue weighted by atomic mass is 9.93. The lowest BCUT2D eigenvalue weighted by molar-refractivity contribution is -0.122. The third-order valence-electron chi connectivity index (χ3n) is 3.17. The molecule has 2 heterocycles. The summed E-state index contributed by atoms with van der Waals surface area (Å²) in [6, 6.07) is 5.50. The Morgan fingerprint density at radius 3 is 2.95 bits per heavy atom. The van der Waals surface area contributed by atoms with Crippen molar-refractivity contribution in [3.05, 3.63) is 23.8 Å². The Kier molecular flexibility index (Phi) is 2.70. The van der Waals surface area contributed by atoms with Gasteiger partial charge in [-0.05, 0) is 18.2 Å². The van der Waals surface area contributed by atoms with Crippen LogP contribution in [0.15, 0.2) is 23.3 Å². The number of benzene rings is 1. The van der Waals surface area contributed by atoms with Crippen LogP contribution in [-0.4, -0.2) is 24.1 Å². The van der Waals surface area contributed by atoms with E-state index in [0.717, 1.165) is 11.3 Å². The van der Waals surface area contributed by atoms with Gasteiger partial charge in [0.1, 0.15) is 5.75 Å². The fraction of sp³-hybridized carbons (Fsp3) is 0.308. The van der Waals surface area contributed by atoms with Crippen molar-refractivity contribution in [2.45, 2.75) is 13.3 Å². The molecule has 0 bridgehead atoms. The monoisotopic (exact) mass is 259 g/mol. The molecule has 1 atom stereocenters. The number of carbonyl (C=O) groups excluding carboxylic acids is 2. The average molecular weight is 259 g/mol. The van der Waals surface area contributed by atoms with Crippen molar-refractivity contribution in [1.29, 1.82) is 0 Å². The van der Waals surface area contributed by atoms with E-state index in [1.165, 1.54) is 0 Å². The largest absolute Gasteiger partial charge is 0.482 e. The van der Waals surface area contributed by atoms with E-state index in [1.54, 1.807) is 6.07 Å². The Morgan fingerprint density at radius 1 is 1.32 bits per heavy atom. The van der Waals surface area contributed by atoms with E-state index < -0.39 is 0 Å². The van der Waals surface area contributed by atoms with Crippen molar-refractivity contribution in [2.24, 2.45) is 11.0 Å². The number of anilines is 1. The van der Waals surface area contributed by atoms with Crippen LogP contribution in [0.25, 0.3) is 0 Å². The molecule has 0 aromatic heterocycles. The fourth-order valence-corrected chi connectivity index (χ4v) is 2.24. The third kappa shape index (κ3) is 2.16.